The largest absolute Gasteiger partial charge is 0.478 e. The minimum absolute atomic E-state index is 0.143. The molecule has 0 aromatic heterocycles. The number of carbonyl (C=O) groups is 1. The molecule has 1 rings (SSSR count). The lowest BCUT2D eigenvalue weighted by Gasteiger charge is -2.07. The minimum Gasteiger partial charge on any atom is -0.478 e. The lowest BCUT2D eigenvalue weighted by molar-refractivity contribution is 0.0698. The Bertz CT molecular complexity index is 355. The molecule has 0 atom stereocenters. The maximum atomic E-state index is 10.8. The number of thioether (sulfide) groups is 1. The molecule has 0 spiro atoms. The molecule has 82 valence electrons. The van der Waals surface area contributed by atoms with E-state index in [0.29, 0.717) is 0 Å². The van der Waals surface area contributed by atoms with Crippen LogP contribution in [0.1, 0.15) is 10.4 Å². The number of aromatic carboxylic acids is 1. The summed E-state index contributed by atoms with van der Waals surface area (Å²) in [4.78, 5) is 10.8. The lowest BCUT2D eigenvalue weighted by atomic mass is 10.1. The van der Waals surface area contributed by atoms with Gasteiger partial charge in [0.05, 0.1) is 5.56 Å². The first-order valence-corrected chi connectivity index (χ1v) is 5.90. The molecular formula is C10H14N2O2S. The van der Waals surface area contributed by atoms with Gasteiger partial charge in [-0.3, -0.25) is 0 Å². The van der Waals surface area contributed by atoms with Gasteiger partial charge in [-0.05, 0) is 24.5 Å². The summed E-state index contributed by atoms with van der Waals surface area (Å²) in [6, 6.07) is 4.94. The highest BCUT2D eigenvalue weighted by Gasteiger charge is 2.07. The highest BCUT2D eigenvalue weighted by molar-refractivity contribution is 7.98. The van der Waals surface area contributed by atoms with Crippen molar-refractivity contribution in [2.24, 2.45) is 0 Å². The Hall–Kier alpha value is -1.36. The second-order valence-electron chi connectivity index (χ2n) is 3.03. The molecule has 4 nitrogen and oxygen atoms in total. The zero-order valence-corrected chi connectivity index (χ0v) is 9.30. The van der Waals surface area contributed by atoms with E-state index < -0.39 is 5.97 Å². The first kappa shape index (κ1) is 11.7. The third-order valence-electron chi connectivity index (χ3n) is 1.92. The van der Waals surface area contributed by atoms with Crippen molar-refractivity contribution in [3.63, 3.8) is 0 Å². The zero-order chi connectivity index (χ0) is 11.3. The first-order valence-electron chi connectivity index (χ1n) is 4.50. The lowest BCUT2D eigenvalue weighted by Crippen LogP contribution is -2.07. The van der Waals surface area contributed by atoms with E-state index in [0.717, 1.165) is 18.0 Å². The van der Waals surface area contributed by atoms with E-state index in [1.54, 1.807) is 30.0 Å². The van der Waals surface area contributed by atoms with Crippen molar-refractivity contribution in [2.45, 2.75) is 0 Å². The molecule has 0 radical (unpaired) electrons. The van der Waals surface area contributed by atoms with E-state index in [2.05, 4.69) is 5.32 Å². The molecule has 0 aliphatic heterocycles. The van der Waals surface area contributed by atoms with Gasteiger partial charge in [0.15, 0.2) is 0 Å². The van der Waals surface area contributed by atoms with Crippen LogP contribution in [0.3, 0.4) is 0 Å². The molecule has 0 amide bonds. The summed E-state index contributed by atoms with van der Waals surface area (Å²) < 4.78 is 0. The van der Waals surface area contributed by atoms with Crippen molar-refractivity contribution < 1.29 is 9.90 Å². The molecule has 0 heterocycles. The Balaban J connectivity index is 2.74. The van der Waals surface area contributed by atoms with Gasteiger partial charge >= 0.3 is 5.97 Å². The fourth-order valence-electron chi connectivity index (χ4n) is 1.15. The van der Waals surface area contributed by atoms with Crippen LogP contribution in [0.25, 0.3) is 0 Å². The summed E-state index contributed by atoms with van der Waals surface area (Å²) in [5.41, 5.74) is 6.75. The topological polar surface area (TPSA) is 75.3 Å². The van der Waals surface area contributed by atoms with Gasteiger partial charge in [0.1, 0.15) is 0 Å². The number of nitrogens with one attached hydrogen (secondary N) is 1. The summed E-state index contributed by atoms with van der Waals surface area (Å²) in [5, 5.41) is 12.0. The van der Waals surface area contributed by atoms with E-state index in [1.807, 2.05) is 6.26 Å². The van der Waals surface area contributed by atoms with Crippen LogP contribution < -0.4 is 11.1 Å². The van der Waals surface area contributed by atoms with E-state index in [-0.39, 0.29) is 11.3 Å². The van der Waals surface area contributed by atoms with Crippen LogP contribution in [-0.4, -0.2) is 29.6 Å². The van der Waals surface area contributed by atoms with Gasteiger partial charge in [-0.15, -0.1) is 0 Å². The van der Waals surface area contributed by atoms with Crippen LogP contribution in [0.4, 0.5) is 11.4 Å². The number of nitrogens with two attached hydrogens (primary N) is 1. The molecule has 1 aromatic carbocycles. The minimum atomic E-state index is -0.999. The highest BCUT2D eigenvalue weighted by Crippen LogP contribution is 2.17. The van der Waals surface area contributed by atoms with Crippen molar-refractivity contribution >= 4 is 29.1 Å². The Labute approximate surface area is 92.9 Å². The smallest absolute Gasteiger partial charge is 0.337 e. The first-order chi connectivity index (χ1) is 7.15. The quantitative estimate of drug-likeness (QED) is 0.526. The van der Waals surface area contributed by atoms with Crippen LogP contribution >= 0.6 is 11.8 Å². The predicted octanol–water partition coefficient (Wildman–Crippen LogP) is 1.74. The summed E-state index contributed by atoms with van der Waals surface area (Å²) in [7, 11) is 0. The summed E-state index contributed by atoms with van der Waals surface area (Å²) in [6.45, 7) is 0.810. The van der Waals surface area contributed by atoms with Gasteiger partial charge in [-0.1, -0.05) is 0 Å². The molecule has 4 N–H and O–H groups in total. The van der Waals surface area contributed by atoms with Gasteiger partial charge in [0, 0.05) is 23.7 Å². The third-order valence-corrected chi connectivity index (χ3v) is 2.53. The Morgan fingerprint density at radius 2 is 2.33 bits per heavy atom. The molecule has 5 heteroatoms. The molecule has 1 aromatic rings. The molecular weight excluding hydrogens is 212 g/mol. The Morgan fingerprint density at radius 1 is 1.60 bits per heavy atom. The molecule has 0 bridgehead atoms. The van der Waals surface area contributed by atoms with Gasteiger partial charge in [0.2, 0.25) is 0 Å². The van der Waals surface area contributed by atoms with Crippen molar-refractivity contribution in [1.82, 2.24) is 0 Å². The molecule has 0 aliphatic carbocycles. The summed E-state index contributed by atoms with van der Waals surface area (Å²) >= 11 is 1.73. The van der Waals surface area contributed by atoms with Crippen molar-refractivity contribution in [1.29, 1.82) is 0 Å². The normalized spacial score (nSPS) is 9.93. The second kappa shape index (κ2) is 5.50. The number of hydrogen-bond acceptors (Lipinski definition) is 4. The highest BCUT2D eigenvalue weighted by atomic mass is 32.2. The number of benzene rings is 1. The fraction of sp³-hybridized carbons (Fsp3) is 0.300. The monoisotopic (exact) mass is 226 g/mol. The number of anilines is 2. The Kier molecular flexibility index (Phi) is 4.30. The number of carboxylic acids is 1. The van der Waals surface area contributed by atoms with Gasteiger partial charge in [-0.25, -0.2) is 4.79 Å². The van der Waals surface area contributed by atoms with Crippen LogP contribution in [0.5, 0.6) is 0 Å². The standard InChI is InChI=1S/C10H14N2O2S/c1-15-5-4-12-7-2-3-9(11)8(6-7)10(13)14/h2-3,6,12H,4-5,11H2,1H3,(H,13,14). The van der Waals surface area contributed by atoms with Crippen LogP contribution in [0.15, 0.2) is 18.2 Å². The van der Waals surface area contributed by atoms with Crippen molar-refractivity contribution in [2.75, 3.05) is 29.6 Å². The van der Waals surface area contributed by atoms with E-state index in [1.165, 1.54) is 0 Å². The number of rotatable bonds is 5. The summed E-state index contributed by atoms with van der Waals surface area (Å²) in [5.74, 6) is -0.0201. The SMILES string of the molecule is CSCCNc1ccc(N)c(C(=O)O)c1. The maximum absolute atomic E-state index is 10.8. The van der Waals surface area contributed by atoms with Crippen LogP contribution in [0.2, 0.25) is 0 Å². The molecule has 0 fully saturated rings. The fourth-order valence-corrected chi connectivity index (χ4v) is 1.46. The molecule has 0 saturated carbocycles. The molecule has 0 aliphatic rings. The molecule has 15 heavy (non-hydrogen) atoms. The average molecular weight is 226 g/mol. The molecule has 0 unspecified atom stereocenters. The maximum Gasteiger partial charge on any atom is 0.337 e. The van der Waals surface area contributed by atoms with Gasteiger partial charge < -0.3 is 16.2 Å². The van der Waals surface area contributed by atoms with Crippen molar-refractivity contribution in [3.05, 3.63) is 23.8 Å². The summed E-state index contributed by atoms with van der Waals surface area (Å²) in [6.07, 6.45) is 2.02. The Morgan fingerprint density at radius 3 is 2.93 bits per heavy atom. The van der Waals surface area contributed by atoms with E-state index in [4.69, 9.17) is 10.8 Å². The number of carboxylic acid groups (broad SMARTS) is 1. The average Bonchev–Trinajstić information content (AvgIpc) is 2.20. The van der Waals surface area contributed by atoms with Gasteiger partial charge in [-0.2, -0.15) is 11.8 Å². The van der Waals surface area contributed by atoms with Crippen molar-refractivity contribution in [3.8, 4) is 0 Å². The van der Waals surface area contributed by atoms with Gasteiger partial charge in [0.25, 0.3) is 0 Å². The van der Waals surface area contributed by atoms with Crippen LogP contribution in [-0.2, 0) is 0 Å². The van der Waals surface area contributed by atoms with Crippen LogP contribution in [0, 0.1) is 0 Å². The van der Waals surface area contributed by atoms with E-state index >= 15 is 0 Å². The number of hydrogen-bond donors (Lipinski definition) is 3. The van der Waals surface area contributed by atoms with E-state index in [9.17, 15) is 4.79 Å². The molecule has 0 saturated heterocycles. The third kappa shape index (κ3) is 3.36. The zero-order valence-electron chi connectivity index (χ0n) is 8.49. The predicted molar refractivity (Wildman–Crippen MR) is 64.7 cm³/mol. The number of nitrogen functional groups attached to an aromatic ring is 1. The second-order valence-corrected chi connectivity index (χ2v) is 4.01.